The van der Waals surface area contributed by atoms with Crippen molar-refractivity contribution in [3.63, 3.8) is 0 Å². The first-order valence-corrected chi connectivity index (χ1v) is 3.93. The fraction of sp³-hybridized carbons (Fsp3) is 0.300. The minimum absolute atomic E-state index is 0.191. The lowest BCUT2D eigenvalue weighted by atomic mass is 10.1. The zero-order valence-electron chi connectivity index (χ0n) is 7.88. The van der Waals surface area contributed by atoms with Crippen molar-refractivity contribution >= 4 is 5.97 Å². The van der Waals surface area contributed by atoms with Gasteiger partial charge in [-0.25, -0.2) is 0 Å². The van der Waals surface area contributed by atoms with Crippen molar-refractivity contribution in [2.24, 2.45) is 0 Å². The highest BCUT2D eigenvalue weighted by Gasteiger charge is 2.04. The van der Waals surface area contributed by atoms with E-state index in [0.29, 0.717) is 0 Å². The molecule has 0 aliphatic carbocycles. The summed E-state index contributed by atoms with van der Waals surface area (Å²) >= 11 is 0. The SMILES string of the molecule is COc1c(C)cc(C(=O)[O-])cc1C. The molecule has 0 saturated carbocycles. The van der Waals surface area contributed by atoms with Gasteiger partial charge in [-0.15, -0.1) is 0 Å². The maximum Gasteiger partial charge on any atom is 0.124 e. The summed E-state index contributed by atoms with van der Waals surface area (Å²) in [5, 5.41) is 10.6. The highest BCUT2D eigenvalue weighted by Crippen LogP contribution is 2.23. The van der Waals surface area contributed by atoms with Gasteiger partial charge < -0.3 is 14.6 Å². The standard InChI is InChI=1S/C10H12O3/c1-6-4-8(10(11)12)5-7(2)9(6)13-3/h4-5H,1-3H3,(H,11,12)/p-1. The Labute approximate surface area is 77.0 Å². The molecule has 1 aromatic rings. The van der Waals surface area contributed by atoms with Crippen molar-refractivity contribution in [3.8, 4) is 5.75 Å². The average Bonchev–Trinajstić information content (AvgIpc) is 2.03. The number of hydrogen-bond acceptors (Lipinski definition) is 3. The van der Waals surface area contributed by atoms with E-state index in [0.717, 1.165) is 16.9 Å². The topological polar surface area (TPSA) is 49.4 Å². The van der Waals surface area contributed by atoms with Crippen LogP contribution in [0, 0.1) is 13.8 Å². The number of carbonyl (C=O) groups is 1. The highest BCUT2D eigenvalue weighted by molar-refractivity contribution is 5.86. The number of methoxy groups -OCH3 is 1. The van der Waals surface area contributed by atoms with E-state index in [-0.39, 0.29) is 5.56 Å². The van der Waals surface area contributed by atoms with Gasteiger partial charge in [0.1, 0.15) is 5.75 Å². The van der Waals surface area contributed by atoms with Crippen LogP contribution in [-0.4, -0.2) is 13.1 Å². The van der Waals surface area contributed by atoms with E-state index in [1.807, 2.05) is 0 Å². The number of aromatic carboxylic acids is 1. The third-order valence-electron chi connectivity index (χ3n) is 1.90. The molecule has 0 aromatic heterocycles. The van der Waals surface area contributed by atoms with Crippen molar-refractivity contribution in [2.75, 3.05) is 7.11 Å². The molecule has 0 heterocycles. The van der Waals surface area contributed by atoms with Gasteiger partial charge in [0.2, 0.25) is 0 Å². The zero-order valence-corrected chi connectivity index (χ0v) is 7.88. The molecule has 1 aromatic carbocycles. The van der Waals surface area contributed by atoms with E-state index in [2.05, 4.69) is 0 Å². The van der Waals surface area contributed by atoms with Crippen molar-refractivity contribution in [1.82, 2.24) is 0 Å². The maximum atomic E-state index is 10.6. The van der Waals surface area contributed by atoms with Gasteiger partial charge in [0.25, 0.3) is 0 Å². The third kappa shape index (κ3) is 1.80. The molecular formula is C10H11O3-. The molecule has 0 fully saturated rings. The Hall–Kier alpha value is -1.51. The maximum absolute atomic E-state index is 10.6. The first kappa shape index (κ1) is 9.58. The van der Waals surface area contributed by atoms with Crippen molar-refractivity contribution in [1.29, 1.82) is 0 Å². The second kappa shape index (κ2) is 3.47. The van der Waals surface area contributed by atoms with Crippen LogP contribution in [0.5, 0.6) is 5.75 Å². The molecular weight excluding hydrogens is 168 g/mol. The highest BCUT2D eigenvalue weighted by atomic mass is 16.5. The van der Waals surface area contributed by atoms with Gasteiger partial charge in [0.05, 0.1) is 13.1 Å². The summed E-state index contributed by atoms with van der Waals surface area (Å²) in [6.07, 6.45) is 0. The Morgan fingerprint density at radius 3 is 2.08 bits per heavy atom. The fourth-order valence-corrected chi connectivity index (χ4v) is 1.39. The minimum atomic E-state index is -1.16. The number of carbonyl (C=O) groups excluding carboxylic acids is 1. The van der Waals surface area contributed by atoms with Crippen LogP contribution >= 0.6 is 0 Å². The lowest BCUT2D eigenvalue weighted by molar-refractivity contribution is -0.255. The minimum Gasteiger partial charge on any atom is -0.545 e. The van der Waals surface area contributed by atoms with Crippen molar-refractivity contribution in [2.45, 2.75) is 13.8 Å². The Balaban J connectivity index is 3.28. The van der Waals surface area contributed by atoms with Crippen molar-refractivity contribution in [3.05, 3.63) is 28.8 Å². The lowest BCUT2D eigenvalue weighted by Crippen LogP contribution is -2.22. The molecule has 0 atom stereocenters. The summed E-state index contributed by atoms with van der Waals surface area (Å²) in [6.45, 7) is 3.61. The molecule has 13 heavy (non-hydrogen) atoms. The van der Waals surface area contributed by atoms with E-state index in [9.17, 15) is 9.90 Å². The molecule has 70 valence electrons. The molecule has 0 bridgehead atoms. The number of hydrogen-bond donors (Lipinski definition) is 0. The number of rotatable bonds is 2. The molecule has 1 rings (SSSR count). The predicted octanol–water partition coefficient (Wildman–Crippen LogP) is 0.676. The summed E-state index contributed by atoms with van der Waals surface area (Å²) in [4.78, 5) is 10.6. The second-order valence-corrected chi connectivity index (χ2v) is 2.93. The summed E-state index contributed by atoms with van der Waals surface area (Å²) in [5.74, 6) is -0.432. The Morgan fingerprint density at radius 1 is 1.31 bits per heavy atom. The van der Waals surface area contributed by atoms with Gasteiger partial charge in [-0.2, -0.15) is 0 Å². The van der Waals surface area contributed by atoms with Crippen LogP contribution in [0.25, 0.3) is 0 Å². The van der Waals surface area contributed by atoms with Gasteiger partial charge in [0.15, 0.2) is 0 Å². The molecule has 0 radical (unpaired) electrons. The summed E-state index contributed by atoms with van der Waals surface area (Å²) in [7, 11) is 1.56. The van der Waals surface area contributed by atoms with E-state index < -0.39 is 5.97 Å². The van der Waals surface area contributed by atoms with Crippen LogP contribution in [0.3, 0.4) is 0 Å². The lowest BCUT2D eigenvalue weighted by Gasteiger charge is -2.11. The smallest absolute Gasteiger partial charge is 0.124 e. The number of aryl methyl sites for hydroxylation is 2. The quantitative estimate of drug-likeness (QED) is 0.670. The first-order valence-electron chi connectivity index (χ1n) is 3.93. The van der Waals surface area contributed by atoms with Crippen LogP contribution in [0.15, 0.2) is 12.1 Å². The third-order valence-corrected chi connectivity index (χ3v) is 1.90. The molecule has 3 nitrogen and oxygen atoms in total. The number of carboxylic acid groups (broad SMARTS) is 1. The van der Waals surface area contributed by atoms with Crippen LogP contribution in [0.1, 0.15) is 21.5 Å². The number of benzene rings is 1. The van der Waals surface area contributed by atoms with Crippen molar-refractivity contribution < 1.29 is 14.6 Å². The Bertz CT molecular complexity index is 319. The molecule has 0 unspecified atom stereocenters. The monoisotopic (exact) mass is 179 g/mol. The van der Waals surface area contributed by atoms with E-state index in [4.69, 9.17) is 4.74 Å². The molecule has 0 aliphatic heterocycles. The normalized spacial score (nSPS) is 9.77. The Morgan fingerprint density at radius 2 is 1.77 bits per heavy atom. The Kier molecular flexibility index (Phi) is 2.56. The second-order valence-electron chi connectivity index (χ2n) is 2.93. The van der Waals surface area contributed by atoms with Crippen LogP contribution in [0.4, 0.5) is 0 Å². The largest absolute Gasteiger partial charge is 0.545 e. The summed E-state index contributed by atoms with van der Waals surface area (Å²) in [5.41, 5.74) is 1.80. The average molecular weight is 179 g/mol. The number of ether oxygens (including phenoxy) is 1. The van der Waals surface area contributed by atoms with Gasteiger partial charge in [-0.05, 0) is 42.7 Å². The first-order chi connectivity index (χ1) is 6.06. The van der Waals surface area contributed by atoms with E-state index in [1.165, 1.54) is 0 Å². The van der Waals surface area contributed by atoms with E-state index in [1.54, 1.807) is 33.1 Å². The fourth-order valence-electron chi connectivity index (χ4n) is 1.39. The summed E-state index contributed by atoms with van der Waals surface area (Å²) < 4.78 is 5.10. The molecule has 3 heteroatoms. The zero-order chi connectivity index (χ0) is 10.0. The molecule has 0 spiro atoms. The van der Waals surface area contributed by atoms with Crippen LogP contribution in [0.2, 0.25) is 0 Å². The van der Waals surface area contributed by atoms with E-state index >= 15 is 0 Å². The molecule has 0 saturated heterocycles. The van der Waals surface area contributed by atoms with Gasteiger partial charge in [-0.1, -0.05) is 0 Å². The molecule has 0 N–H and O–H groups in total. The molecule has 0 aliphatic rings. The van der Waals surface area contributed by atoms with Gasteiger partial charge in [-0.3, -0.25) is 0 Å². The van der Waals surface area contributed by atoms with Crippen LogP contribution < -0.4 is 9.84 Å². The van der Waals surface area contributed by atoms with Crippen LogP contribution in [-0.2, 0) is 0 Å². The van der Waals surface area contributed by atoms with Gasteiger partial charge in [0, 0.05) is 0 Å². The van der Waals surface area contributed by atoms with Gasteiger partial charge >= 0.3 is 0 Å². The number of carboxylic acids is 1. The molecule has 0 amide bonds. The predicted molar refractivity (Wildman–Crippen MR) is 46.8 cm³/mol. The summed E-state index contributed by atoms with van der Waals surface area (Å²) in [6, 6.07) is 3.09.